The van der Waals surface area contributed by atoms with Gasteiger partial charge in [-0.3, -0.25) is 18.7 Å². The fourth-order valence-electron chi connectivity index (χ4n) is 5.46. The van der Waals surface area contributed by atoms with Crippen LogP contribution < -0.4 is 27.0 Å². The Labute approximate surface area is 233 Å². The molecule has 3 aromatic rings. The number of nitrogens with zero attached hydrogens (tertiary/aromatic N) is 3. The minimum Gasteiger partial charge on any atom is -0.497 e. The highest BCUT2D eigenvalue weighted by Gasteiger charge is 2.29. The molecule has 1 saturated carbocycles. The molecule has 3 N–H and O–H groups in total. The first-order valence-electron chi connectivity index (χ1n) is 13.1. The molecule has 0 atom stereocenters. The van der Waals surface area contributed by atoms with E-state index >= 15 is 0 Å². The van der Waals surface area contributed by atoms with Crippen molar-refractivity contribution in [2.75, 3.05) is 30.1 Å². The predicted molar refractivity (Wildman–Crippen MR) is 153 cm³/mol. The van der Waals surface area contributed by atoms with Crippen molar-refractivity contribution in [3.8, 4) is 5.75 Å². The van der Waals surface area contributed by atoms with E-state index < -0.39 is 11.4 Å². The molecule has 1 saturated heterocycles. The normalized spacial score (nSPS) is 20.2. The van der Waals surface area contributed by atoms with Crippen LogP contribution in [-0.4, -0.2) is 50.4 Å². The van der Waals surface area contributed by atoms with E-state index in [2.05, 4.69) is 10.3 Å². The Kier molecular flexibility index (Phi) is 8.51. The highest BCUT2D eigenvalue weighted by Crippen LogP contribution is 2.31. The van der Waals surface area contributed by atoms with E-state index in [0.29, 0.717) is 37.1 Å². The van der Waals surface area contributed by atoms with Gasteiger partial charge < -0.3 is 15.8 Å². The number of amides is 1. The van der Waals surface area contributed by atoms with Crippen LogP contribution in [0.5, 0.6) is 5.75 Å². The summed E-state index contributed by atoms with van der Waals surface area (Å²) in [7, 11) is 1.58. The minimum absolute atomic E-state index is 0.0510. The summed E-state index contributed by atoms with van der Waals surface area (Å²) in [6, 6.07) is 6.08. The third kappa shape index (κ3) is 5.96. The van der Waals surface area contributed by atoms with Crippen molar-refractivity contribution in [1.29, 1.82) is 0 Å². The van der Waals surface area contributed by atoms with Gasteiger partial charge in [-0.25, -0.2) is 14.2 Å². The lowest BCUT2D eigenvalue weighted by Crippen LogP contribution is -2.46. The molecule has 2 fully saturated rings. The molecule has 5 rings (SSSR count). The first kappa shape index (κ1) is 27.6. The number of carbonyl (C=O) groups is 1. The van der Waals surface area contributed by atoms with E-state index in [1.54, 1.807) is 29.9 Å². The van der Waals surface area contributed by atoms with Crippen LogP contribution in [0, 0.1) is 5.82 Å². The zero-order valence-corrected chi connectivity index (χ0v) is 23.4. The largest absolute Gasteiger partial charge is 0.497 e. The van der Waals surface area contributed by atoms with Crippen LogP contribution in [0.4, 0.5) is 10.1 Å². The van der Waals surface area contributed by atoms with Crippen LogP contribution in [-0.2, 0) is 4.79 Å². The van der Waals surface area contributed by atoms with Crippen molar-refractivity contribution >= 4 is 46.2 Å². The van der Waals surface area contributed by atoms with Gasteiger partial charge in [0, 0.05) is 28.7 Å². The summed E-state index contributed by atoms with van der Waals surface area (Å²) in [5, 5.41) is 3.21. The maximum Gasteiger partial charge on any atom is 0.333 e. The number of pyridine rings is 1. The zero-order chi connectivity index (χ0) is 27.5. The smallest absolute Gasteiger partial charge is 0.333 e. The first-order valence-corrected chi connectivity index (χ1v) is 15.3. The Morgan fingerprint density at radius 1 is 1.13 bits per heavy atom. The third-order valence-corrected chi connectivity index (χ3v) is 9.61. The lowest BCUT2D eigenvalue weighted by molar-refractivity contribution is -0.119. The van der Waals surface area contributed by atoms with Gasteiger partial charge in [-0.2, -0.15) is 11.8 Å². The van der Waals surface area contributed by atoms with Crippen molar-refractivity contribution in [2.24, 2.45) is 0 Å². The van der Waals surface area contributed by atoms with Crippen LogP contribution in [0.3, 0.4) is 0 Å². The quantitative estimate of drug-likeness (QED) is 0.324. The fourth-order valence-corrected chi connectivity index (χ4v) is 7.34. The van der Waals surface area contributed by atoms with Gasteiger partial charge in [-0.15, -0.1) is 11.8 Å². The fraction of sp³-hybridized carbons (Fsp3) is 0.481. The Morgan fingerprint density at radius 3 is 2.56 bits per heavy atom. The highest BCUT2D eigenvalue weighted by atomic mass is 32.2. The number of nitrogen functional groups attached to an aromatic ring is 1. The molecular weight excluding hydrogens is 541 g/mol. The maximum atomic E-state index is 14.1. The second kappa shape index (κ2) is 12.0. The molecule has 0 bridgehead atoms. The number of hydrogen-bond donors (Lipinski definition) is 2. The van der Waals surface area contributed by atoms with Gasteiger partial charge in [0.2, 0.25) is 5.91 Å². The van der Waals surface area contributed by atoms with Crippen molar-refractivity contribution < 1.29 is 13.9 Å². The second-order valence-electron chi connectivity index (χ2n) is 9.96. The maximum absolute atomic E-state index is 14.1. The molecule has 1 amide bonds. The lowest BCUT2D eigenvalue weighted by Gasteiger charge is -2.31. The number of fused-ring (bicyclic) bond motifs is 1. The number of aromatic nitrogens is 3. The summed E-state index contributed by atoms with van der Waals surface area (Å²) in [4.78, 5) is 44.8. The third-order valence-electron chi connectivity index (χ3n) is 7.49. The molecule has 1 aliphatic heterocycles. The van der Waals surface area contributed by atoms with Gasteiger partial charge in [0.05, 0.1) is 24.4 Å². The van der Waals surface area contributed by atoms with E-state index in [0.717, 1.165) is 35.4 Å². The second-order valence-corrected chi connectivity index (χ2v) is 12.2. The molecular formula is C27H32FN5O4S2. The number of anilines is 1. The highest BCUT2D eigenvalue weighted by molar-refractivity contribution is 8.00. The molecule has 0 unspecified atom stereocenters. The molecule has 3 heterocycles. The van der Waals surface area contributed by atoms with E-state index in [1.807, 2.05) is 11.8 Å². The van der Waals surface area contributed by atoms with Gasteiger partial charge in [0.15, 0.2) is 0 Å². The number of hydrogen-bond acceptors (Lipinski definition) is 8. The summed E-state index contributed by atoms with van der Waals surface area (Å²) >= 11 is 3.19. The van der Waals surface area contributed by atoms with Gasteiger partial charge in [-0.1, -0.05) is 0 Å². The number of carbonyl (C=O) groups excluding carboxylic acids is 1. The van der Waals surface area contributed by atoms with Gasteiger partial charge in [-0.05, 0) is 74.3 Å². The van der Waals surface area contributed by atoms with E-state index in [1.165, 1.54) is 22.4 Å². The van der Waals surface area contributed by atoms with Crippen LogP contribution >= 0.6 is 23.5 Å². The molecule has 0 spiro atoms. The predicted octanol–water partition coefficient (Wildman–Crippen LogP) is 3.75. The molecule has 1 aromatic carbocycles. The van der Waals surface area contributed by atoms with Crippen molar-refractivity contribution in [3.05, 3.63) is 57.1 Å². The number of nitrogens with one attached hydrogen (secondary N) is 1. The molecule has 39 heavy (non-hydrogen) atoms. The van der Waals surface area contributed by atoms with Crippen molar-refractivity contribution in [2.45, 2.75) is 61.5 Å². The Bertz CT molecular complexity index is 1480. The van der Waals surface area contributed by atoms with E-state index in [4.69, 9.17) is 10.5 Å². The molecule has 9 nitrogen and oxygen atoms in total. The molecule has 12 heteroatoms. The average Bonchev–Trinajstić information content (AvgIpc) is 2.94. The zero-order valence-electron chi connectivity index (χ0n) is 21.7. The SMILES string of the molecule is COc1ccc(N)c(SCC(=O)NC2CCC(n3c(=O)c4cc(F)cnc4n(C4CCSCC4)c3=O)CC2)c1. The van der Waals surface area contributed by atoms with Crippen LogP contribution in [0.1, 0.15) is 50.6 Å². The first-order chi connectivity index (χ1) is 18.9. The summed E-state index contributed by atoms with van der Waals surface area (Å²) in [5.74, 6) is 2.03. The number of nitrogens with two attached hydrogens (primary N) is 1. The molecule has 0 radical (unpaired) electrons. The molecule has 208 valence electrons. The number of methoxy groups -OCH3 is 1. The summed E-state index contributed by atoms with van der Waals surface area (Å²) < 4.78 is 22.3. The van der Waals surface area contributed by atoms with Gasteiger partial charge >= 0.3 is 5.69 Å². The molecule has 2 aromatic heterocycles. The Balaban J connectivity index is 1.29. The van der Waals surface area contributed by atoms with Crippen LogP contribution in [0.15, 0.2) is 44.9 Å². The van der Waals surface area contributed by atoms with E-state index in [-0.39, 0.29) is 46.5 Å². The monoisotopic (exact) mass is 573 g/mol. The number of benzene rings is 1. The Hall–Kier alpha value is -2.99. The van der Waals surface area contributed by atoms with Gasteiger partial charge in [0.25, 0.3) is 5.56 Å². The number of thioether (sulfide) groups is 2. The summed E-state index contributed by atoms with van der Waals surface area (Å²) in [6.45, 7) is 0. The van der Waals surface area contributed by atoms with Crippen molar-refractivity contribution in [3.63, 3.8) is 0 Å². The topological polar surface area (TPSA) is 121 Å². The minimum atomic E-state index is -0.601. The van der Waals surface area contributed by atoms with E-state index in [9.17, 15) is 18.8 Å². The number of halogens is 1. The molecule has 2 aliphatic rings. The average molecular weight is 574 g/mol. The summed E-state index contributed by atoms with van der Waals surface area (Å²) in [6.07, 6.45) is 5.05. The number of ether oxygens (including phenoxy) is 1. The standard InChI is InChI=1S/C27H32FN5O4S2/c1-37-20-6-7-22(29)23(13-20)39-15-24(34)31-17-2-4-18(5-3-17)33-26(35)21-12-16(28)14-30-25(21)32(27(33)36)19-8-10-38-11-9-19/h6-7,12-14,17-19H,2-5,8-11,15,29H2,1H3,(H,31,34). The number of rotatable bonds is 7. The molecule has 1 aliphatic carbocycles. The summed E-state index contributed by atoms with van der Waals surface area (Å²) in [5.41, 5.74) is 6.00. The lowest BCUT2D eigenvalue weighted by atomic mass is 9.91. The van der Waals surface area contributed by atoms with Gasteiger partial charge in [0.1, 0.15) is 17.2 Å². The van der Waals surface area contributed by atoms with Crippen molar-refractivity contribution in [1.82, 2.24) is 19.4 Å². The Morgan fingerprint density at radius 2 is 1.85 bits per heavy atom. The van der Waals surface area contributed by atoms with Crippen LogP contribution in [0.2, 0.25) is 0 Å². The van der Waals surface area contributed by atoms with Crippen LogP contribution in [0.25, 0.3) is 11.0 Å².